The van der Waals surface area contributed by atoms with Gasteiger partial charge in [-0.1, -0.05) is 17.7 Å². The lowest BCUT2D eigenvalue weighted by Crippen LogP contribution is -2.30. The summed E-state index contributed by atoms with van der Waals surface area (Å²) in [6, 6.07) is 21.8. The zero-order valence-electron chi connectivity index (χ0n) is 18.3. The Morgan fingerprint density at radius 2 is 1.85 bits per heavy atom. The first kappa shape index (κ1) is 21.0. The van der Waals surface area contributed by atoms with Crippen LogP contribution in [0.25, 0.3) is 5.69 Å². The van der Waals surface area contributed by atoms with Gasteiger partial charge in [-0.05, 0) is 79.3 Å². The number of hydrogen-bond acceptors (Lipinski definition) is 4. The summed E-state index contributed by atoms with van der Waals surface area (Å²) in [5.41, 5.74) is 4.96. The monoisotopic (exact) mass is 488 g/mol. The summed E-state index contributed by atoms with van der Waals surface area (Å²) < 4.78 is 13.3. The minimum atomic E-state index is -0.159. The summed E-state index contributed by atoms with van der Waals surface area (Å²) in [7, 11) is 0. The zero-order chi connectivity index (χ0) is 23.2. The smallest absolute Gasteiger partial charge is 0.231 e. The number of hydrogen-bond donors (Lipinski definition) is 1. The van der Waals surface area contributed by atoms with Crippen LogP contribution in [0.1, 0.15) is 29.0 Å². The molecule has 0 radical (unpaired) electrons. The second-order valence-corrected chi connectivity index (χ2v) is 9.06. The van der Waals surface area contributed by atoms with E-state index in [1.165, 1.54) is 0 Å². The molecular weight excluding hydrogens is 468 g/mol. The standard InChI is InChI=1S/C26H21ClN4O2S/c1-16-13-17(7-9-19(16)27)30-12-4-6-21(30)25-24(20-5-2-3-11-28-20)29-26(34)31(25)18-8-10-22-23(14-18)33-15-32-22/h2-14,24-25H,15H2,1H3,(H,29,34)/t24-,25-/m0/s1. The molecule has 0 aliphatic carbocycles. The molecule has 0 spiro atoms. The van der Waals surface area contributed by atoms with Crippen molar-refractivity contribution >= 4 is 34.6 Å². The second kappa shape index (κ2) is 8.34. The Bertz CT molecular complexity index is 1390. The maximum absolute atomic E-state index is 6.31. The number of ether oxygens (including phenoxy) is 2. The molecule has 0 saturated carbocycles. The summed E-state index contributed by atoms with van der Waals surface area (Å²) in [6.45, 7) is 2.23. The molecule has 1 saturated heterocycles. The van der Waals surface area contributed by atoms with Crippen LogP contribution in [0.15, 0.2) is 79.1 Å². The van der Waals surface area contributed by atoms with Crippen molar-refractivity contribution < 1.29 is 9.47 Å². The highest BCUT2D eigenvalue weighted by Gasteiger charge is 2.42. The van der Waals surface area contributed by atoms with Crippen molar-refractivity contribution in [3.05, 3.63) is 101 Å². The van der Waals surface area contributed by atoms with Gasteiger partial charge in [0, 0.05) is 40.6 Å². The van der Waals surface area contributed by atoms with Crippen LogP contribution in [0.4, 0.5) is 5.69 Å². The number of rotatable bonds is 4. The lowest BCUT2D eigenvalue weighted by molar-refractivity contribution is 0.174. The van der Waals surface area contributed by atoms with Crippen molar-refractivity contribution in [3.8, 4) is 17.2 Å². The molecule has 34 heavy (non-hydrogen) atoms. The third kappa shape index (κ3) is 3.48. The first-order chi connectivity index (χ1) is 16.6. The molecule has 0 bridgehead atoms. The SMILES string of the molecule is Cc1cc(-n2cccc2[C@H]2[C@H](c3ccccn3)NC(=S)N2c2ccc3c(c2)OCO3)ccc1Cl. The van der Waals surface area contributed by atoms with Gasteiger partial charge in [0.15, 0.2) is 16.6 Å². The molecule has 6 nitrogen and oxygen atoms in total. The highest BCUT2D eigenvalue weighted by molar-refractivity contribution is 7.80. The number of benzene rings is 2. The average molecular weight is 489 g/mol. The van der Waals surface area contributed by atoms with Crippen LogP contribution in [0.2, 0.25) is 5.02 Å². The van der Waals surface area contributed by atoms with E-state index in [0.29, 0.717) is 10.9 Å². The lowest BCUT2D eigenvalue weighted by Gasteiger charge is -2.29. The van der Waals surface area contributed by atoms with Gasteiger partial charge in [-0.2, -0.15) is 0 Å². The number of aromatic nitrogens is 2. The van der Waals surface area contributed by atoms with E-state index >= 15 is 0 Å². The van der Waals surface area contributed by atoms with E-state index in [1.807, 2.05) is 67.7 Å². The molecule has 6 rings (SSSR count). The second-order valence-electron chi connectivity index (χ2n) is 8.27. The van der Waals surface area contributed by atoms with Crippen molar-refractivity contribution in [2.24, 2.45) is 0 Å². The maximum Gasteiger partial charge on any atom is 0.231 e. The molecule has 2 aromatic carbocycles. The Hall–Kier alpha value is -3.55. The fraction of sp³-hybridized carbons (Fsp3) is 0.154. The predicted octanol–water partition coefficient (Wildman–Crippen LogP) is 5.74. The number of pyridine rings is 1. The minimum absolute atomic E-state index is 0.152. The van der Waals surface area contributed by atoms with Crippen molar-refractivity contribution in [2.75, 3.05) is 11.7 Å². The van der Waals surface area contributed by atoms with Crippen molar-refractivity contribution in [2.45, 2.75) is 19.0 Å². The van der Waals surface area contributed by atoms with E-state index in [-0.39, 0.29) is 18.9 Å². The maximum atomic E-state index is 6.31. The van der Waals surface area contributed by atoms with Crippen molar-refractivity contribution in [1.82, 2.24) is 14.9 Å². The molecule has 0 unspecified atom stereocenters. The van der Waals surface area contributed by atoms with Gasteiger partial charge in [-0.15, -0.1) is 0 Å². The van der Waals surface area contributed by atoms with Crippen molar-refractivity contribution in [1.29, 1.82) is 0 Å². The first-order valence-corrected chi connectivity index (χ1v) is 11.7. The Morgan fingerprint density at radius 1 is 1.00 bits per heavy atom. The normalized spacial score (nSPS) is 18.9. The van der Waals surface area contributed by atoms with E-state index in [2.05, 4.69) is 38.1 Å². The summed E-state index contributed by atoms with van der Waals surface area (Å²) >= 11 is 12.2. The van der Waals surface area contributed by atoms with Crippen LogP contribution < -0.4 is 19.7 Å². The first-order valence-electron chi connectivity index (χ1n) is 10.9. The van der Waals surface area contributed by atoms with Gasteiger partial charge >= 0.3 is 0 Å². The minimum Gasteiger partial charge on any atom is -0.454 e. The fourth-order valence-corrected chi connectivity index (χ4v) is 5.08. The number of anilines is 1. The molecule has 2 aromatic heterocycles. The van der Waals surface area contributed by atoms with E-state index in [0.717, 1.165) is 39.1 Å². The Labute approximate surface area is 207 Å². The largest absolute Gasteiger partial charge is 0.454 e. The Morgan fingerprint density at radius 3 is 2.68 bits per heavy atom. The van der Waals surface area contributed by atoms with Crippen molar-refractivity contribution in [3.63, 3.8) is 0 Å². The molecule has 4 aromatic rings. The van der Waals surface area contributed by atoms with Crippen LogP contribution in [0, 0.1) is 6.92 Å². The molecule has 2 atom stereocenters. The van der Waals surface area contributed by atoms with Gasteiger partial charge in [0.25, 0.3) is 0 Å². The number of nitrogens with one attached hydrogen (secondary N) is 1. The van der Waals surface area contributed by atoms with Gasteiger partial charge in [-0.25, -0.2) is 0 Å². The molecular formula is C26H21ClN4O2S. The van der Waals surface area contributed by atoms with Crippen LogP contribution in [0.3, 0.4) is 0 Å². The van der Waals surface area contributed by atoms with E-state index in [9.17, 15) is 0 Å². The van der Waals surface area contributed by atoms with Crippen LogP contribution >= 0.6 is 23.8 Å². The third-order valence-corrected chi connectivity index (χ3v) is 6.97. The molecule has 1 fully saturated rings. The lowest BCUT2D eigenvalue weighted by atomic mass is 10.0. The van der Waals surface area contributed by atoms with Gasteiger partial charge in [0.05, 0.1) is 11.7 Å². The van der Waals surface area contributed by atoms with Crippen LogP contribution in [0.5, 0.6) is 11.5 Å². The molecule has 4 heterocycles. The van der Waals surface area contributed by atoms with Gasteiger partial charge in [0.1, 0.15) is 6.04 Å². The van der Waals surface area contributed by atoms with Gasteiger partial charge in [0.2, 0.25) is 6.79 Å². The number of fused-ring (bicyclic) bond motifs is 1. The van der Waals surface area contributed by atoms with Gasteiger partial charge in [-0.3, -0.25) is 4.98 Å². The topological polar surface area (TPSA) is 51.6 Å². The Balaban J connectivity index is 1.50. The average Bonchev–Trinajstić information content (AvgIpc) is 3.59. The number of thiocarbonyl (C=S) groups is 1. The highest BCUT2D eigenvalue weighted by Crippen LogP contribution is 2.45. The van der Waals surface area contributed by atoms with Crippen LogP contribution in [-0.4, -0.2) is 21.5 Å². The number of aryl methyl sites for hydroxylation is 1. The Kier molecular flexibility index (Phi) is 5.16. The third-order valence-electron chi connectivity index (χ3n) is 6.24. The molecule has 2 aliphatic rings. The summed E-state index contributed by atoms with van der Waals surface area (Å²) in [6.07, 6.45) is 3.87. The predicted molar refractivity (Wildman–Crippen MR) is 136 cm³/mol. The van der Waals surface area contributed by atoms with Crippen LogP contribution in [-0.2, 0) is 0 Å². The number of nitrogens with zero attached hydrogens (tertiary/aromatic N) is 3. The van der Waals surface area contributed by atoms with Gasteiger partial charge < -0.3 is 24.3 Å². The molecule has 0 amide bonds. The summed E-state index contributed by atoms with van der Waals surface area (Å²) in [5, 5.41) is 4.88. The molecule has 2 aliphatic heterocycles. The molecule has 8 heteroatoms. The molecule has 170 valence electrons. The molecule has 1 N–H and O–H groups in total. The van der Waals surface area contributed by atoms with E-state index in [1.54, 1.807) is 0 Å². The highest BCUT2D eigenvalue weighted by atomic mass is 35.5. The summed E-state index contributed by atoms with van der Waals surface area (Å²) in [5.74, 6) is 1.45. The van der Waals surface area contributed by atoms with E-state index in [4.69, 9.17) is 33.3 Å². The quantitative estimate of drug-likeness (QED) is 0.370. The van der Waals surface area contributed by atoms with E-state index < -0.39 is 0 Å². The number of halogens is 1. The fourth-order valence-electron chi connectivity index (χ4n) is 4.62. The summed E-state index contributed by atoms with van der Waals surface area (Å²) in [4.78, 5) is 6.78. The zero-order valence-corrected chi connectivity index (χ0v) is 19.9.